The van der Waals surface area contributed by atoms with Crippen molar-refractivity contribution in [3.05, 3.63) is 34.2 Å². The molecule has 0 spiro atoms. The van der Waals surface area contributed by atoms with Gasteiger partial charge >= 0.3 is 0 Å². The lowest BCUT2D eigenvalue weighted by atomic mass is 10.1. The van der Waals surface area contributed by atoms with Gasteiger partial charge in [-0.05, 0) is 50.3 Å². The average Bonchev–Trinajstić information content (AvgIpc) is 3.34. The van der Waals surface area contributed by atoms with Gasteiger partial charge in [0.2, 0.25) is 0 Å². The van der Waals surface area contributed by atoms with E-state index in [4.69, 9.17) is 14.8 Å². The number of ether oxygens (including phenoxy) is 1. The van der Waals surface area contributed by atoms with Crippen LogP contribution >= 0.6 is 0 Å². The minimum absolute atomic E-state index is 0.136. The van der Waals surface area contributed by atoms with E-state index in [1.807, 2.05) is 20.8 Å². The summed E-state index contributed by atoms with van der Waals surface area (Å²) in [6, 6.07) is 5.08. The van der Waals surface area contributed by atoms with Gasteiger partial charge in [0.05, 0.1) is 29.4 Å². The summed E-state index contributed by atoms with van der Waals surface area (Å²) in [5.74, 6) is 1.01. The smallest absolute Gasteiger partial charge is 0.277 e. The van der Waals surface area contributed by atoms with Crippen molar-refractivity contribution >= 4 is 20.9 Å². The Bertz CT molecular complexity index is 1360. The lowest BCUT2D eigenvalue weighted by Crippen LogP contribution is -2.30. The highest BCUT2D eigenvalue weighted by atomic mass is 32.2. The molecule has 0 aliphatic carbocycles. The molecule has 1 saturated heterocycles. The minimum Gasteiger partial charge on any atom is -0.493 e. The molecule has 0 bridgehead atoms. The number of sulfone groups is 1. The summed E-state index contributed by atoms with van der Waals surface area (Å²) < 4.78 is 32.1. The third-order valence-corrected chi connectivity index (χ3v) is 7.33. The normalized spacial score (nSPS) is 17.2. The summed E-state index contributed by atoms with van der Waals surface area (Å²) in [5, 5.41) is 4.71. The Balaban J connectivity index is 1.85. The van der Waals surface area contributed by atoms with Crippen molar-refractivity contribution in [1.29, 1.82) is 0 Å². The standard InChI is InChI=1S/C24H33N5O4S/c1-6-19-21-22(29(27-19)14-28-11-7-8-16(28)4)24(30)26-23(25-21)18-12-17(34(5,31)32)9-10-20(18)33-13-15(2)3/h9-10,12,15-16H,6-8,11,13-14H2,1-5H3,(H,25,26,30)/t16-/m0/s1. The molecule has 1 aromatic carbocycles. The van der Waals surface area contributed by atoms with Crippen molar-refractivity contribution in [2.24, 2.45) is 5.92 Å². The first-order valence-electron chi connectivity index (χ1n) is 11.8. The van der Waals surface area contributed by atoms with E-state index in [-0.39, 0.29) is 22.2 Å². The maximum absolute atomic E-state index is 13.3. The molecule has 1 fully saturated rings. The number of aryl methyl sites for hydroxylation is 1. The molecule has 4 rings (SSSR count). The van der Waals surface area contributed by atoms with Crippen molar-refractivity contribution in [2.75, 3.05) is 19.4 Å². The highest BCUT2D eigenvalue weighted by Gasteiger charge is 2.24. The highest BCUT2D eigenvalue weighted by molar-refractivity contribution is 7.90. The molecule has 9 nitrogen and oxygen atoms in total. The van der Waals surface area contributed by atoms with Crippen LogP contribution in [0.3, 0.4) is 0 Å². The lowest BCUT2D eigenvalue weighted by molar-refractivity contribution is 0.204. The van der Waals surface area contributed by atoms with Gasteiger partial charge in [0.1, 0.15) is 17.1 Å². The fourth-order valence-electron chi connectivity index (χ4n) is 4.30. The molecule has 10 heteroatoms. The molecule has 0 amide bonds. The first-order valence-corrected chi connectivity index (χ1v) is 13.7. The van der Waals surface area contributed by atoms with E-state index < -0.39 is 9.84 Å². The number of H-pyrrole nitrogens is 1. The SMILES string of the molecule is CCc1nn(CN2CCC[C@@H]2C)c2c(=O)[nH]c(-c3cc(S(C)(=O)=O)ccc3OCC(C)C)nc12. The number of likely N-dealkylation sites (tertiary alicyclic amines) is 1. The summed E-state index contributed by atoms with van der Waals surface area (Å²) in [4.78, 5) is 23.4. The summed E-state index contributed by atoms with van der Waals surface area (Å²) in [7, 11) is -3.46. The largest absolute Gasteiger partial charge is 0.493 e. The van der Waals surface area contributed by atoms with Crippen LogP contribution in [0.25, 0.3) is 22.4 Å². The fraction of sp³-hybridized carbons (Fsp3) is 0.542. The third-order valence-electron chi connectivity index (χ3n) is 6.22. The van der Waals surface area contributed by atoms with Crippen molar-refractivity contribution in [1.82, 2.24) is 24.6 Å². The molecule has 3 heterocycles. The summed E-state index contributed by atoms with van der Waals surface area (Å²) in [6.45, 7) is 10.2. The number of benzene rings is 1. The molecular formula is C24H33N5O4S. The maximum Gasteiger partial charge on any atom is 0.277 e. The van der Waals surface area contributed by atoms with Gasteiger partial charge in [-0.1, -0.05) is 20.8 Å². The molecule has 3 aromatic rings. The average molecular weight is 488 g/mol. The summed E-state index contributed by atoms with van der Waals surface area (Å²) >= 11 is 0. The highest BCUT2D eigenvalue weighted by Crippen LogP contribution is 2.31. The zero-order chi connectivity index (χ0) is 24.6. The molecule has 0 unspecified atom stereocenters. The number of nitrogens with zero attached hydrogens (tertiary/aromatic N) is 4. The topological polar surface area (TPSA) is 110 Å². The number of fused-ring (bicyclic) bond motifs is 1. The third kappa shape index (κ3) is 4.88. The van der Waals surface area contributed by atoms with Crippen LogP contribution in [0.5, 0.6) is 5.75 Å². The van der Waals surface area contributed by atoms with E-state index in [0.29, 0.717) is 48.1 Å². The van der Waals surface area contributed by atoms with E-state index in [0.717, 1.165) is 31.3 Å². The Morgan fingerprint density at radius 1 is 1.29 bits per heavy atom. The number of rotatable bonds is 8. The van der Waals surface area contributed by atoms with E-state index in [1.54, 1.807) is 10.7 Å². The van der Waals surface area contributed by atoms with Crippen molar-refractivity contribution in [3.63, 3.8) is 0 Å². The maximum atomic E-state index is 13.3. The molecule has 1 aliphatic heterocycles. The fourth-order valence-corrected chi connectivity index (χ4v) is 4.95. The number of aromatic nitrogens is 4. The van der Waals surface area contributed by atoms with Gasteiger partial charge in [0.25, 0.3) is 5.56 Å². The van der Waals surface area contributed by atoms with Crippen LogP contribution in [0.2, 0.25) is 0 Å². The number of hydrogen-bond acceptors (Lipinski definition) is 7. The van der Waals surface area contributed by atoms with Gasteiger partial charge < -0.3 is 9.72 Å². The Labute approximate surface area is 200 Å². The van der Waals surface area contributed by atoms with E-state index in [2.05, 4.69) is 16.8 Å². The molecule has 1 aliphatic rings. The van der Waals surface area contributed by atoms with Crippen molar-refractivity contribution in [2.45, 2.75) is 64.6 Å². The van der Waals surface area contributed by atoms with Gasteiger partial charge in [0, 0.05) is 18.8 Å². The number of nitrogens with one attached hydrogen (secondary N) is 1. The van der Waals surface area contributed by atoms with E-state index >= 15 is 0 Å². The Kier molecular flexibility index (Phi) is 6.82. The quantitative estimate of drug-likeness (QED) is 0.519. The van der Waals surface area contributed by atoms with Crippen LogP contribution in [0.1, 0.15) is 46.2 Å². The van der Waals surface area contributed by atoms with Crippen LogP contribution in [-0.4, -0.2) is 58.5 Å². The van der Waals surface area contributed by atoms with Gasteiger partial charge in [-0.15, -0.1) is 0 Å². The molecule has 1 N–H and O–H groups in total. The predicted molar refractivity (Wildman–Crippen MR) is 132 cm³/mol. The van der Waals surface area contributed by atoms with Gasteiger partial charge in [-0.3, -0.25) is 9.69 Å². The first-order chi connectivity index (χ1) is 16.1. The van der Waals surface area contributed by atoms with Gasteiger partial charge in [0.15, 0.2) is 15.4 Å². The van der Waals surface area contributed by atoms with Crippen LogP contribution in [0, 0.1) is 5.92 Å². The number of hydrogen-bond donors (Lipinski definition) is 1. The summed E-state index contributed by atoms with van der Waals surface area (Å²) in [6.07, 6.45) is 4.04. The van der Waals surface area contributed by atoms with Crippen LogP contribution in [0.15, 0.2) is 27.9 Å². The number of aromatic amines is 1. The molecule has 0 saturated carbocycles. The van der Waals surface area contributed by atoms with Crippen molar-refractivity contribution < 1.29 is 13.2 Å². The monoisotopic (exact) mass is 487 g/mol. The molecule has 1 atom stereocenters. The zero-order valence-corrected chi connectivity index (χ0v) is 21.3. The Hall–Kier alpha value is -2.72. The molecule has 34 heavy (non-hydrogen) atoms. The zero-order valence-electron chi connectivity index (χ0n) is 20.5. The first kappa shape index (κ1) is 24.4. The summed E-state index contributed by atoms with van der Waals surface area (Å²) in [5.41, 5.74) is 1.83. The van der Waals surface area contributed by atoms with E-state index in [1.165, 1.54) is 12.1 Å². The Morgan fingerprint density at radius 2 is 2.06 bits per heavy atom. The lowest BCUT2D eigenvalue weighted by Gasteiger charge is -2.20. The van der Waals surface area contributed by atoms with E-state index in [9.17, 15) is 13.2 Å². The van der Waals surface area contributed by atoms with Gasteiger partial charge in [-0.25, -0.2) is 18.1 Å². The predicted octanol–water partition coefficient (Wildman–Crippen LogP) is 3.23. The van der Waals surface area contributed by atoms with Crippen molar-refractivity contribution in [3.8, 4) is 17.1 Å². The minimum atomic E-state index is -3.46. The van der Waals surface area contributed by atoms with Crippen LogP contribution in [0.4, 0.5) is 0 Å². The van der Waals surface area contributed by atoms with Gasteiger partial charge in [-0.2, -0.15) is 5.10 Å². The molecule has 184 valence electrons. The second kappa shape index (κ2) is 9.50. The second-order valence-electron chi connectivity index (χ2n) is 9.49. The molecule has 2 aromatic heterocycles. The molecular weight excluding hydrogens is 454 g/mol. The van der Waals surface area contributed by atoms with Crippen LogP contribution < -0.4 is 10.3 Å². The molecule has 0 radical (unpaired) electrons. The Morgan fingerprint density at radius 3 is 2.68 bits per heavy atom. The van der Waals surface area contributed by atoms with Crippen LogP contribution in [-0.2, 0) is 22.9 Å². The second-order valence-corrected chi connectivity index (χ2v) is 11.5.